The quantitative estimate of drug-likeness (QED) is 0.381. The highest BCUT2D eigenvalue weighted by atomic mass is 19.1. The summed E-state index contributed by atoms with van der Waals surface area (Å²) in [5.41, 5.74) is 6.46. The molecule has 0 amide bonds. The maximum atomic E-state index is 15.4. The van der Waals surface area contributed by atoms with Gasteiger partial charge in [-0.2, -0.15) is 5.26 Å². The third-order valence-corrected chi connectivity index (χ3v) is 7.36. The summed E-state index contributed by atoms with van der Waals surface area (Å²) in [7, 11) is 12.0. The van der Waals surface area contributed by atoms with Gasteiger partial charge in [0.2, 0.25) is 5.95 Å². The number of hydrogen-bond acceptors (Lipinski definition) is 6. The minimum absolute atomic E-state index is 0.0374. The van der Waals surface area contributed by atoms with Gasteiger partial charge in [0.15, 0.2) is 19.2 Å². The molecule has 0 radical (unpaired) electrons. The van der Waals surface area contributed by atoms with Crippen molar-refractivity contribution in [3.8, 4) is 22.9 Å². The summed E-state index contributed by atoms with van der Waals surface area (Å²) < 4.78 is 23.2. The monoisotopic (exact) mass is 504 g/mol. The molecule has 0 bridgehead atoms. The third kappa shape index (κ3) is 4.45. The second kappa shape index (κ2) is 9.55. The lowest BCUT2D eigenvalue weighted by Gasteiger charge is -2.31. The van der Waals surface area contributed by atoms with E-state index in [1.807, 2.05) is 37.6 Å². The lowest BCUT2D eigenvalue weighted by molar-refractivity contribution is 0.311. The molecule has 0 aliphatic carbocycles. The molecular weight excluding hydrogens is 475 g/mol. The minimum atomic E-state index is -0.834. The Morgan fingerprint density at radius 1 is 1.21 bits per heavy atom. The van der Waals surface area contributed by atoms with E-state index in [0.717, 1.165) is 28.8 Å². The average Bonchev–Trinajstić information content (AvgIpc) is 3.41. The van der Waals surface area contributed by atoms with Crippen LogP contribution in [0.15, 0.2) is 42.7 Å². The highest BCUT2D eigenvalue weighted by molar-refractivity contribution is 6.41. The molecular formula is C26H29B4FN6O. The van der Waals surface area contributed by atoms with Crippen LogP contribution in [0.4, 0.5) is 10.3 Å². The molecule has 1 N–H and O–H groups in total. The maximum Gasteiger partial charge on any atom is 0.208 e. The number of imidazole rings is 1. The summed E-state index contributed by atoms with van der Waals surface area (Å²) in [4.78, 5) is 11.5. The summed E-state index contributed by atoms with van der Waals surface area (Å²) in [6, 6.07) is 11.6. The summed E-state index contributed by atoms with van der Waals surface area (Å²) in [5, 5.41) is 12.3. The van der Waals surface area contributed by atoms with E-state index < -0.39 is 5.34 Å². The van der Waals surface area contributed by atoms with Crippen molar-refractivity contribution in [1.82, 2.24) is 19.3 Å². The van der Waals surface area contributed by atoms with Crippen LogP contribution in [-0.2, 0) is 11.9 Å². The number of aryl methyl sites for hydroxylation is 1. The molecule has 2 aromatic heterocycles. The molecule has 1 aliphatic rings. The molecule has 5 rings (SSSR count). The zero-order valence-corrected chi connectivity index (χ0v) is 22.9. The molecule has 0 fully saturated rings. The van der Waals surface area contributed by atoms with Crippen LogP contribution in [0.2, 0.25) is 0 Å². The molecule has 38 heavy (non-hydrogen) atoms. The second-order valence-electron chi connectivity index (χ2n) is 11.0. The van der Waals surface area contributed by atoms with Crippen molar-refractivity contribution >= 4 is 43.0 Å². The van der Waals surface area contributed by atoms with Crippen molar-refractivity contribution in [3.05, 3.63) is 76.5 Å². The van der Waals surface area contributed by atoms with Crippen LogP contribution in [-0.4, -0.2) is 70.8 Å². The fourth-order valence-corrected chi connectivity index (χ4v) is 5.45. The maximum absolute atomic E-state index is 15.4. The van der Waals surface area contributed by atoms with Crippen molar-refractivity contribution in [2.24, 2.45) is 0 Å². The van der Waals surface area contributed by atoms with Gasteiger partial charge < -0.3 is 15.0 Å². The van der Waals surface area contributed by atoms with Gasteiger partial charge in [-0.15, -0.1) is 0 Å². The van der Waals surface area contributed by atoms with E-state index >= 15 is 4.39 Å². The van der Waals surface area contributed by atoms with Gasteiger partial charge in [0.1, 0.15) is 41.2 Å². The van der Waals surface area contributed by atoms with E-state index in [0.29, 0.717) is 22.9 Å². The molecule has 0 spiro atoms. The van der Waals surface area contributed by atoms with Crippen molar-refractivity contribution in [2.75, 3.05) is 19.4 Å². The van der Waals surface area contributed by atoms with Crippen LogP contribution in [0.3, 0.4) is 0 Å². The molecule has 7 nitrogen and oxygen atoms in total. The van der Waals surface area contributed by atoms with Gasteiger partial charge in [-0.1, -0.05) is 18.2 Å². The van der Waals surface area contributed by atoms with Gasteiger partial charge in [0, 0.05) is 29.2 Å². The number of nitriles is 1. The molecule has 0 saturated heterocycles. The Hall–Kier alpha value is -3.70. The first-order chi connectivity index (χ1) is 18.0. The van der Waals surface area contributed by atoms with Gasteiger partial charge >= 0.3 is 0 Å². The summed E-state index contributed by atoms with van der Waals surface area (Å²) >= 11 is 0. The lowest BCUT2D eigenvalue weighted by Crippen LogP contribution is -2.40. The van der Waals surface area contributed by atoms with Gasteiger partial charge in [-0.3, -0.25) is 4.40 Å². The number of halogens is 1. The van der Waals surface area contributed by atoms with Crippen LogP contribution in [0.1, 0.15) is 33.8 Å². The van der Waals surface area contributed by atoms with E-state index in [-0.39, 0.29) is 23.3 Å². The Morgan fingerprint density at radius 2 is 1.97 bits per heavy atom. The van der Waals surface area contributed by atoms with Crippen molar-refractivity contribution in [2.45, 2.75) is 30.6 Å². The Labute approximate surface area is 226 Å². The fraction of sp³-hybridized carbons (Fsp3) is 0.269. The van der Waals surface area contributed by atoms with E-state index in [1.54, 1.807) is 22.9 Å². The fourth-order valence-electron chi connectivity index (χ4n) is 5.45. The second-order valence-corrected chi connectivity index (χ2v) is 11.0. The topological polar surface area (TPSA) is 78.5 Å². The van der Waals surface area contributed by atoms with E-state index in [9.17, 15) is 5.26 Å². The number of benzene rings is 2. The number of aromatic nitrogens is 3. The minimum Gasteiger partial charge on any atom is -0.500 e. The molecule has 2 unspecified atom stereocenters. The molecule has 0 saturated carbocycles. The zero-order valence-electron chi connectivity index (χ0n) is 22.9. The average molecular weight is 504 g/mol. The molecule has 1 aliphatic heterocycles. The highest BCUT2D eigenvalue weighted by Gasteiger charge is 2.37. The molecule has 2 aromatic carbocycles. The van der Waals surface area contributed by atoms with Gasteiger partial charge in [-0.25, -0.2) is 14.4 Å². The van der Waals surface area contributed by atoms with Crippen molar-refractivity contribution in [1.29, 1.82) is 5.26 Å². The highest BCUT2D eigenvalue weighted by Crippen LogP contribution is 2.42. The van der Waals surface area contributed by atoms with E-state index in [4.69, 9.17) is 9.72 Å². The van der Waals surface area contributed by atoms with Gasteiger partial charge in [-0.05, 0) is 61.2 Å². The number of fused-ring (bicyclic) bond motifs is 2. The van der Waals surface area contributed by atoms with Crippen LogP contribution >= 0.6 is 0 Å². The van der Waals surface area contributed by atoms with Gasteiger partial charge in [0.05, 0.1) is 12.2 Å². The number of hydrogen-bond donors (Lipinski definition) is 1. The predicted octanol–water partition coefficient (Wildman–Crippen LogP) is 0.291. The van der Waals surface area contributed by atoms with Gasteiger partial charge in [0.25, 0.3) is 0 Å². The van der Waals surface area contributed by atoms with E-state index in [2.05, 4.69) is 54.2 Å². The first kappa shape index (κ1) is 25.9. The number of ether oxygens (including phenoxy) is 1. The first-order valence-electron chi connectivity index (χ1n) is 12.8. The SMILES string of the molecule is BC1Oc2ccc(F)c(C(B)(B)Nc3ncc(-c4ccc(CN(C)C)cc4C)c4nc(C#N)cn34)c2C1B. The molecule has 188 valence electrons. The Morgan fingerprint density at radius 3 is 2.66 bits per heavy atom. The summed E-state index contributed by atoms with van der Waals surface area (Å²) in [6.07, 6.45) is 3.44. The lowest BCUT2D eigenvalue weighted by atomic mass is 9.55. The smallest absolute Gasteiger partial charge is 0.208 e. The molecule has 4 aromatic rings. The summed E-state index contributed by atoms with van der Waals surface area (Å²) in [5.74, 6) is 0.938. The van der Waals surface area contributed by atoms with E-state index in [1.165, 1.54) is 11.6 Å². The number of anilines is 1. The molecule has 12 heteroatoms. The third-order valence-electron chi connectivity index (χ3n) is 7.36. The summed E-state index contributed by atoms with van der Waals surface area (Å²) in [6.45, 7) is 2.91. The molecule has 3 heterocycles. The zero-order chi connectivity index (χ0) is 27.4. The Bertz CT molecular complexity index is 1600. The van der Waals surface area contributed by atoms with Crippen LogP contribution in [0.25, 0.3) is 16.8 Å². The first-order valence-corrected chi connectivity index (χ1v) is 12.8. The van der Waals surface area contributed by atoms with Crippen molar-refractivity contribution < 1.29 is 9.13 Å². The largest absolute Gasteiger partial charge is 0.500 e. The number of rotatable bonds is 6. The van der Waals surface area contributed by atoms with Crippen LogP contribution < -0.4 is 10.1 Å². The number of nitrogens with zero attached hydrogens (tertiary/aromatic N) is 5. The number of nitrogens with one attached hydrogen (secondary N) is 1. The normalized spacial score (nSPS) is 16.8. The Balaban J connectivity index is 1.60. The molecule has 2 atom stereocenters. The van der Waals surface area contributed by atoms with Crippen LogP contribution in [0.5, 0.6) is 5.75 Å². The Kier molecular flexibility index (Phi) is 6.52. The van der Waals surface area contributed by atoms with Crippen molar-refractivity contribution in [3.63, 3.8) is 0 Å². The van der Waals surface area contributed by atoms with Crippen LogP contribution in [0, 0.1) is 24.1 Å². The predicted molar refractivity (Wildman–Crippen MR) is 158 cm³/mol. The standard InChI is InChI=1S/C26H29B4FN6O/c1-13-8-14(11-36(2)3)4-5-16(13)17-10-33-25(37-12-15(9-32)34-24(17)37)35-26(29,30)21-18(31)6-7-19-20(21)22(27)23(28)38-19/h4-8,10,12,22-23H,11,27-30H2,1-3H3,(H,33,35).